The van der Waals surface area contributed by atoms with Crippen molar-refractivity contribution in [2.45, 2.75) is 251 Å². The number of aliphatic hydroxyl groups is 1. The van der Waals surface area contributed by atoms with Gasteiger partial charge < -0.3 is 14.6 Å². The Balaban J connectivity index is 3.47. The van der Waals surface area contributed by atoms with E-state index in [2.05, 4.69) is 26.0 Å². The van der Waals surface area contributed by atoms with Crippen LogP contribution in [0.5, 0.6) is 0 Å². The maximum absolute atomic E-state index is 12.2. The molecule has 0 spiro atoms. The number of allylic oxidation sites excluding steroid dienone is 2. The van der Waals surface area contributed by atoms with E-state index >= 15 is 0 Å². The van der Waals surface area contributed by atoms with Gasteiger partial charge in [-0.25, -0.2) is 0 Å². The number of hydrogen-bond acceptors (Lipinski definition) is 5. The first-order valence-corrected chi connectivity index (χ1v) is 22.2. The van der Waals surface area contributed by atoms with Gasteiger partial charge in [0.25, 0.3) is 0 Å². The Morgan fingerprint density at radius 2 is 0.740 bits per heavy atom. The van der Waals surface area contributed by atoms with E-state index in [1.54, 1.807) is 0 Å². The highest BCUT2D eigenvalue weighted by Crippen LogP contribution is 2.16. The summed E-state index contributed by atoms with van der Waals surface area (Å²) in [5, 5.41) is 9.58. The number of unbranched alkanes of at least 4 members (excludes halogenated alkanes) is 31. The topological polar surface area (TPSA) is 72.8 Å². The van der Waals surface area contributed by atoms with Crippen molar-refractivity contribution < 1.29 is 24.2 Å². The third-order valence-electron chi connectivity index (χ3n) is 10.1. The molecule has 0 aromatic carbocycles. The molecule has 0 saturated heterocycles. The molecule has 0 aromatic rings. The molecule has 0 bridgehead atoms. The first-order valence-electron chi connectivity index (χ1n) is 22.2. The van der Waals surface area contributed by atoms with E-state index in [0.29, 0.717) is 12.8 Å². The molecule has 5 heteroatoms. The molecule has 1 N–H and O–H groups in total. The molecule has 0 aromatic heterocycles. The summed E-state index contributed by atoms with van der Waals surface area (Å²) in [5.74, 6) is -0.577. The highest BCUT2D eigenvalue weighted by Gasteiger charge is 2.16. The van der Waals surface area contributed by atoms with Gasteiger partial charge in [-0.2, -0.15) is 0 Å². The summed E-state index contributed by atoms with van der Waals surface area (Å²) in [4.78, 5) is 24.3. The molecule has 296 valence electrons. The lowest BCUT2D eigenvalue weighted by atomic mass is 10.0. The summed E-state index contributed by atoms with van der Waals surface area (Å²) in [7, 11) is 0. The van der Waals surface area contributed by atoms with Crippen molar-refractivity contribution in [1.29, 1.82) is 0 Å². The van der Waals surface area contributed by atoms with Crippen molar-refractivity contribution in [3.63, 3.8) is 0 Å². The second-order valence-electron chi connectivity index (χ2n) is 15.1. The van der Waals surface area contributed by atoms with Gasteiger partial charge in [0.15, 0.2) is 6.10 Å². The van der Waals surface area contributed by atoms with Gasteiger partial charge in [-0.05, 0) is 38.5 Å². The van der Waals surface area contributed by atoms with E-state index < -0.39 is 6.10 Å². The van der Waals surface area contributed by atoms with Gasteiger partial charge in [0.2, 0.25) is 0 Å². The van der Waals surface area contributed by atoms with Gasteiger partial charge in [0, 0.05) is 12.8 Å². The molecule has 0 fully saturated rings. The van der Waals surface area contributed by atoms with Crippen LogP contribution in [0.25, 0.3) is 0 Å². The Bertz CT molecular complexity index is 720. The van der Waals surface area contributed by atoms with Crippen molar-refractivity contribution in [3.8, 4) is 0 Å². The molecule has 0 rings (SSSR count). The lowest BCUT2D eigenvalue weighted by Crippen LogP contribution is -2.28. The summed E-state index contributed by atoms with van der Waals surface area (Å²) in [6, 6.07) is 0. The van der Waals surface area contributed by atoms with Crippen LogP contribution < -0.4 is 0 Å². The zero-order valence-electron chi connectivity index (χ0n) is 33.7. The molecular weight excluding hydrogens is 620 g/mol. The average molecular weight is 707 g/mol. The molecule has 0 saturated carbocycles. The highest BCUT2D eigenvalue weighted by atomic mass is 16.6. The zero-order valence-corrected chi connectivity index (χ0v) is 33.7. The summed E-state index contributed by atoms with van der Waals surface area (Å²) in [5.41, 5.74) is 0. The van der Waals surface area contributed by atoms with Gasteiger partial charge >= 0.3 is 11.9 Å². The van der Waals surface area contributed by atoms with Crippen LogP contribution in [0.15, 0.2) is 12.2 Å². The number of aliphatic hydroxyl groups excluding tert-OH is 1. The number of hydrogen-bond donors (Lipinski definition) is 1. The highest BCUT2D eigenvalue weighted by molar-refractivity contribution is 5.70. The van der Waals surface area contributed by atoms with Gasteiger partial charge in [-0.1, -0.05) is 206 Å². The minimum absolute atomic E-state index is 0.0596. The molecule has 0 aliphatic heterocycles. The number of ether oxygens (including phenoxy) is 2. The predicted octanol–water partition coefficient (Wildman–Crippen LogP) is 14.1. The second kappa shape index (κ2) is 42.1. The molecule has 0 aliphatic carbocycles. The normalized spacial score (nSPS) is 12.1. The summed E-state index contributed by atoms with van der Waals surface area (Å²) in [6.45, 7) is 4.16. The Hall–Kier alpha value is -1.36. The van der Waals surface area contributed by atoms with Crippen LogP contribution in [0.2, 0.25) is 0 Å². The monoisotopic (exact) mass is 707 g/mol. The zero-order chi connectivity index (χ0) is 36.4. The van der Waals surface area contributed by atoms with Gasteiger partial charge in [-0.15, -0.1) is 0 Å². The van der Waals surface area contributed by atoms with Gasteiger partial charge in [-0.3, -0.25) is 9.59 Å². The third kappa shape index (κ3) is 39.4. The Labute approximate surface area is 311 Å². The van der Waals surface area contributed by atoms with E-state index in [-0.39, 0.29) is 25.2 Å². The molecule has 0 amide bonds. The number of carbonyl (C=O) groups is 2. The maximum atomic E-state index is 12.2. The quantitative estimate of drug-likeness (QED) is 0.0389. The molecule has 0 aliphatic rings. The van der Waals surface area contributed by atoms with Crippen molar-refractivity contribution in [1.82, 2.24) is 0 Å². The molecule has 0 heterocycles. The van der Waals surface area contributed by atoms with E-state index in [9.17, 15) is 14.7 Å². The molecule has 0 unspecified atom stereocenters. The predicted molar refractivity (Wildman–Crippen MR) is 215 cm³/mol. The van der Waals surface area contributed by atoms with Crippen LogP contribution in [0.1, 0.15) is 245 Å². The maximum Gasteiger partial charge on any atom is 0.306 e. The van der Waals surface area contributed by atoms with Crippen LogP contribution in [0.3, 0.4) is 0 Å². The third-order valence-corrected chi connectivity index (χ3v) is 10.1. The average Bonchev–Trinajstić information content (AvgIpc) is 3.12. The standard InChI is InChI=1S/C45H86O5/c1-3-5-7-9-11-13-15-17-19-20-21-22-23-24-26-27-29-31-33-35-37-39-44(47)49-42-43(41-46)50-45(48)40-38-36-34-32-30-28-25-18-16-14-12-10-8-6-4-2/h17,19,43,46H,3-16,18,20-42H2,1-2H3/b19-17+/t43-/m0/s1. The van der Waals surface area contributed by atoms with Crippen molar-refractivity contribution >= 4 is 11.9 Å². The summed E-state index contributed by atoms with van der Waals surface area (Å²) in [6.07, 6.45) is 48.5. The molecular formula is C45H86O5. The van der Waals surface area contributed by atoms with E-state index in [4.69, 9.17) is 9.47 Å². The first kappa shape index (κ1) is 48.6. The number of carbonyl (C=O) groups excluding carboxylic acids is 2. The van der Waals surface area contributed by atoms with E-state index in [0.717, 1.165) is 38.5 Å². The lowest BCUT2D eigenvalue weighted by molar-refractivity contribution is -0.161. The molecule has 5 nitrogen and oxygen atoms in total. The second-order valence-corrected chi connectivity index (χ2v) is 15.1. The van der Waals surface area contributed by atoms with E-state index in [1.165, 1.54) is 180 Å². The van der Waals surface area contributed by atoms with Crippen LogP contribution in [0.4, 0.5) is 0 Å². The molecule has 1 atom stereocenters. The van der Waals surface area contributed by atoms with Crippen LogP contribution >= 0.6 is 0 Å². The van der Waals surface area contributed by atoms with Gasteiger partial charge in [0.1, 0.15) is 6.61 Å². The fourth-order valence-electron chi connectivity index (χ4n) is 6.67. The molecule has 0 radical (unpaired) electrons. The smallest absolute Gasteiger partial charge is 0.306 e. The first-order chi connectivity index (χ1) is 24.6. The fourth-order valence-corrected chi connectivity index (χ4v) is 6.67. The van der Waals surface area contributed by atoms with Crippen molar-refractivity contribution in [2.24, 2.45) is 0 Å². The Morgan fingerprint density at radius 1 is 0.440 bits per heavy atom. The Morgan fingerprint density at radius 3 is 1.08 bits per heavy atom. The van der Waals surface area contributed by atoms with Crippen LogP contribution in [0, 0.1) is 0 Å². The SMILES string of the molecule is CCCCCCCC/C=C/CCCCCCCCCCCCCC(=O)OC[C@H](CO)OC(=O)CCCCCCCCCCCCCCCCC. The largest absolute Gasteiger partial charge is 0.462 e. The molecule has 50 heavy (non-hydrogen) atoms. The fraction of sp³-hybridized carbons (Fsp3) is 0.911. The lowest BCUT2D eigenvalue weighted by Gasteiger charge is -2.15. The summed E-state index contributed by atoms with van der Waals surface area (Å²) >= 11 is 0. The number of rotatable bonds is 41. The van der Waals surface area contributed by atoms with Crippen molar-refractivity contribution in [3.05, 3.63) is 12.2 Å². The van der Waals surface area contributed by atoms with Crippen molar-refractivity contribution in [2.75, 3.05) is 13.2 Å². The van der Waals surface area contributed by atoms with Crippen LogP contribution in [-0.4, -0.2) is 36.4 Å². The minimum Gasteiger partial charge on any atom is -0.462 e. The van der Waals surface area contributed by atoms with Gasteiger partial charge in [0.05, 0.1) is 6.61 Å². The van der Waals surface area contributed by atoms with Crippen LogP contribution in [-0.2, 0) is 19.1 Å². The Kier molecular flexibility index (Phi) is 40.9. The number of esters is 2. The minimum atomic E-state index is -0.764. The van der Waals surface area contributed by atoms with E-state index in [1.807, 2.05) is 0 Å². The summed E-state index contributed by atoms with van der Waals surface area (Å²) < 4.78 is 10.6.